The Labute approximate surface area is 121 Å². The van der Waals surface area contributed by atoms with Crippen LogP contribution in [-0.2, 0) is 4.79 Å². The Morgan fingerprint density at radius 1 is 1.40 bits per heavy atom. The average Bonchev–Trinajstić information content (AvgIpc) is 2.36. The normalized spacial score (nSPS) is 14.5. The standard InChI is InChI=1S/C16H26N2O2/c1-6-11(2)20-13-9-7-8-12(10-13)18-15(19)14(17)16(3,4)5/h7-11,14H,6,17H2,1-5H3,(H,18,19). The van der Waals surface area contributed by atoms with E-state index < -0.39 is 6.04 Å². The van der Waals surface area contributed by atoms with Gasteiger partial charge in [0, 0.05) is 11.8 Å². The summed E-state index contributed by atoms with van der Waals surface area (Å²) in [5.41, 5.74) is 6.37. The van der Waals surface area contributed by atoms with E-state index >= 15 is 0 Å². The molecule has 0 heterocycles. The van der Waals surface area contributed by atoms with E-state index in [0.717, 1.165) is 12.2 Å². The fourth-order valence-corrected chi connectivity index (χ4v) is 1.58. The minimum absolute atomic E-state index is 0.151. The van der Waals surface area contributed by atoms with E-state index in [2.05, 4.69) is 12.2 Å². The molecule has 2 unspecified atom stereocenters. The molecule has 2 atom stereocenters. The fourth-order valence-electron chi connectivity index (χ4n) is 1.58. The van der Waals surface area contributed by atoms with Crippen molar-refractivity contribution in [2.75, 3.05) is 5.32 Å². The second-order valence-corrected chi connectivity index (χ2v) is 6.20. The van der Waals surface area contributed by atoms with Crippen LogP contribution in [0.5, 0.6) is 5.75 Å². The molecule has 0 aliphatic rings. The number of nitrogens with one attached hydrogen (secondary N) is 1. The Hall–Kier alpha value is -1.55. The van der Waals surface area contributed by atoms with E-state index in [1.54, 1.807) is 0 Å². The van der Waals surface area contributed by atoms with Crippen LogP contribution in [0.1, 0.15) is 41.0 Å². The highest BCUT2D eigenvalue weighted by atomic mass is 16.5. The van der Waals surface area contributed by atoms with Gasteiger partial charge >= 0.3 is 0 Å². The van der Waals surface area contributed by atoms with Gasteiger partial charge in [-0.3, -0.25) is 4.79 Å². The molecule has 4 heteroatoms. The molecule has 1 rings (SSSR count). The summed E-state index contributed by atoms with van der Waals surface area (Å²) in [6, 6.07) is 6.83. The monoisotopic (exact) mass is 278 g/mol. The molecule has 1 aromatic rings. The maximum Gasteiger partial charge on any atom is 0.241 e. The molecule has 0 radical (unpaired) electrons. The van der Waals surface area contributed by atoms with Gasteiger partial charge in [-0.1, -0.05) is 33.8 Å². The number of rotatable bonds is 5. The minimum atomic E-state index is -0.554. The molecule has 112 valence electrons. The summed E-state index contributed by atoms with van der Waals surface area (Å²) in [5.74, 6) is 0.569. The predicted molar refractivity (Wildman–Crippen MR) is 82.9 cm³/mol. The van der Waals surface area contributed by atoms with Crippen molar-refractivity contribution in [1.82, 2.24) is 0 Å². The van der Waals surface area contributed by atoms with Crippen LogP contribution >= 0.6 is 0 Å². The molecular weight excluding hydrogens is 252 g/mol. The van der Waals surface area contributed by atoms with E-state index in [-0.39, 0.29) is 17.4 Å². The molecule has 1 amide bonds. The third-order valence-electron chi connectivity index (χ3n) is 3.23. The average molecular weight is 278 g/mol. The quantitative estimate of drug-likeness (QED) is 0.869. The van der Waals surface area contributed by atoms with Crippen molar-refractivity contribution in [3.8, 4) is 5.75 Å². The number of nitrogens with two attached hydrogens (primary N) is 1. The first-order chi connectivity index (χ1) is 9.24. The number of amides is 1. The predicted octanol–water partition coefficient (Wildman–Crippen LogP) is 3.18. The number of carbonyl (C=O) groups excluding carboxylic acids is 1. The zero-order valence-corrected chi connectivity index (χ0v) is 13.1. The summed E-state index contributed by atoms with van der Waals surface area (Å²) < 4.78 is 5.73. The van der Waals surface area contributed by atoms with Crippen molar-refractivity contribution in [3.05, 3.63) is 24.3 Å². The number of benzene rings is 1. The first-order valence-corrected chi connectivity index (χ1v) is 7.07. The van der Waals surface area contributed by atoms with Crippen LogP contribution in [0.4, 0.5) is 5.69 Å². The molecule has 20 heavy (non-hydrogen) atoms. The Morgan fingerprint density at radius 3 is 2.60 bits per heavy atom. The first kappa shape index (κ1) is 16.5. The fraction of sp³-hybridized carbons (Fsp3) is 0.562. The van der Waals surface area contributed by atoms with Gasteiger partial charge in [0.2, 0.25) is 5.91 Å². The summed E-state index contributed by atoms with van der Waals surface area (Å²) in [6.07, 6.45) is 1.09. The van der Waals surface area contributed by atoms with Gasteiger partial charge in [-0.2, -0.15) is 0 Å². The molecule has 0 aliphatic carbocycles. The van der Waals surface area contributed by atoms with Gasteiger partial charge in [-0.15, -0.1) is 0 Å². The number of carbonyl (C=O) groups is 1. The minimum Gasteiger partial charge on any atom is -0.491 e. The van der Waals surface area contributed by atoms with Gasteiger partial charge in [-0.05, 0) is 30.9 Å². The van der Waals surface area contributed by atoms with Crippen LogP contribution < -0.4 is 15.8 Å². The Kier molecular flexibility index (Phi) is 5.57. The largest absolute Gasteiger partial charge is 0.491 e. The van der Waals surface area contributed by atoms with Crippen molar-refractivity contribution in [3.63, 3.8) is 0 Å². The zero-order valence-electron chi connectivity index (χ0n) is 13.1. The van der Waals surface area contributed by atoms with Crippen molar-refractivity contribution >= 4 is 11.6 Å². The summed E-state index contributed by atoms with van der Waals surface area (Å²) in [6.45, 7) is 9.92. The molecule has 0 bridgehead atoms. The molecule has 0 fully saturated rings. The number of hydrogen-bond donors (Lipinski definition) is 2. The Balaban J connectivity index is 2.73. The summed E-state index contributed by atoms with van der Waals surface area (Å²) >= 11 is 0. The molecule has 0 spiro atoms. The van der Waals surface area contributed by atoms with Crippen LogP contribution in [0.3, 0.4) is 0 Å². The lowest BCUT2D eigenvalue weighted by atomic mass is 9.87. The third-order valence-corrected chi connectivity index (χ3v) is 3.23. The second kappa shape index (κ2) is 6.75. The number of ether oxygens (including phenoxy) is 1. The van der Waals surface area contributed by atoms with Gasteiger partial charge in [0.1, 0.15) is 5.75 Å². The molecular formula is C16H26N2O2. The highest BCUT2D eigenvalue weighted by molar-refractivity contribution is 5.95. The summed E-state index contributed by atoms with van der Waals surface area (Å²) in [5, 5.41) is 2.84. The lowest BCUT2D eigenvalue weighted by Crippen LogP contribution is -2.45. The second-order valence-electron chi connectivity index (χ2n) is 6.20. The van der Waals surface area contributed by atoms with Crippen molar-refractivity contribution in [1.29, 1.82) is 0 Å². The van der Waals surface area contributed by atoms with Gasteiger partial charge in [0.25, 0.3) is 0 Å². The third kappa shape index (κ3) is 4.85. The molecule has 0 aliphatic heterocycles. The van der Waals surface area contributed by atoms with E-state index in [1.807, 2.05) is 52.0 Å². The lowest BCUT2D eigenvalue weighted by molar-refractivity contribution is -0.119. The van der Waals surface area contributed by atoms with Crippen LogP contribution in [0.15, 0.2) is 24.3 Å². The zero-order chi connectivity index (χ0) is 15.3. The van der Waals surface area contributed by atoms with Gasteiger partial charge in [-0.25, -0.2) is 0 Å². The van der Waals surface area contributed by atoms with Crippen LogP contribution in [0, 0.1) is 5.41 Å². The summed E-state index contributed by atoms with van der Waals surface area (Å²) in [7, 11) is 0. The van der Waals surface area contributed by atoms with Gasteiger partial charge < -0.3 is 15.8 Å². The Bertz CT molecular complexity index is 452. The molecule has 1 aromatic carbocycles. The number of hydrogen-bond acceptors (Lipinski definition) is 3. The van der Waals surface area contributed by atoms with E-state index in [1.165, 1.54) is 0 Å². The highest BCUT2D eigenvalue weighted by Crippen LogP contribution is 2.22. The lowest BCUT2D eigenvalue weighted by Gasteiger charge is -2.25. The van der Waals surface area contributed by atoms with Crippen LogP contribution in [0.25, 0.3) is 0 Å². The van der Waals surface area contributed by atoms with E-state index in [0.29, 0.717) is 5.69 Å². The van der Waals surface area contributed by atoms with Gasteiger partial charge in [0.05, 0.1) is 12.1 Å². The molecule has 0 aromatic heterocycles. The van der Waals surface area contributed by atoms with Gasteiger partial charge in [0.15, 0.2) is 0 Å². The molecule has 0 saturated heterocycles. The molecule has 4 nitrogen and oxygen atoms in total. The molecule has 0 saturated carbocycles. The Morgan fingerprint density at radius 2 is 2.05 bits per heavy atom. The van der Waals surface area contributed by atoms with Crippen LogP contribution in [-0.4, -0.2) is 18.1 Å². The van der Waals surface area contributed by atoms with Crippen molar-refractivity contribution < 1.29 is 9.53 Å². The van der Waals surface area contributed by atoms with Crippen LogP contribution in [0.2, 0.25) is 0 Å². The molecule has 3 N–H and O–H groups in total. The van der Waals surface area contributed by atoms with Crippen molar-refractivity contribution in [2.24, 2.45) is 11.1 Å². The summed E-state index contributed by atoms with van der Waals surface area (Å²) in [4.78, 5) is 12.1. The SMILES string of the molecule is CCC(C)Oc1cccc(NC(=O)C(N)C(C)(C)C)c1. The highest BCUT2D eigenvalue weighted by Gasteiger charge is 2.27. The number of anilines is 1. The topological polar surface area (TPSA) is 64.3 Å². The maximum atomic E-state index is 12.1. The van der Waals surface area contributed by atoms with E-state index in [4.69, 9.17) is 10.5 Å². The smallest absolute Gasteiger partial charge is 0.241 e. The first-order valence-electron chi connectivity index (χ1n) is 7.07. The maximum absolute atomic E-state index is 12.1. The van der Waals surface area contributed by atoms with Crippen molar-refractivity contribution in [2.45, 2.75) is 53.2 Å². The van der Waals surface area contributed by atoms with E-state index in [9.17, 15) is 4.79 Å².